The number of esters is 1. The highest BCUT2D eigenvalue weighted by atomic mass is 16.5. The van der Waals surface area contributed by atoms with Crippen LogP contribution in [-0.4, -0.2) is 48.6 Å². The van der Waals surface area contributed by atoms with Gasteiger partial charge in [0.2, 0.25) is 0 Å². The molecule has 5 nitrogen and oxygen atoms in total. The van der Waals surface area contributed by atoms with E-state index in [0.29, 0.717) is 24.4 Å². The number of ketones is 1. The Bertz CT molecular complexity index is 1010. The zero-order chi connectivity index (χ0) is 20.4. The molecule has 0 amide bonds. The minimum atomic E-state index is -1.45. The fraction of sp³-hybridized carbons (Fsp3) is 0.292. The van der Waals surface area contributed by atoms with Gasteiger partial charge < -0.3 is 9.84 Å². The van der Waals surface area contributed by atoms with Gasteiger partial charge in [0, 0.05) is 18.0 Å². The molecule has 2 fully saturated rings. The van der Waals surface area contributed by atoms with E-state index in [-0.39, 0.29) is 5.78 Å². The molecule has 1 N–H and O–H groups in total. The summed E-state index contributed by atoms with van der Waals surface area (Å²) in [4.78, 5) is 29.4. The van der Waals surface area contributed by atoms with Gasteiger partial charge in [0.15, 0.2) is 5.78 Å². The molecule has 5 heteroatoms. The maximum atomic E-state index is 14.1. The second kappa shape index (κ2) is 6.38. The summed E-state index contributed by atoms with van der Waals surface area (Å²) in [6.07, 6.45) is 6.35. The van der Waals surface area contributed by atoms with E-state index >= 15 is 0 Å². The van der Waals surface area contributed by atoms with Crippen molar-refractivity contribution in [1.82, 2.24) is 4.90 Å². The minimum Gasteiger partial charge on any atom is -0.468 e. The molecular weight excluding hydrogens is 366 g/mol. The van der Waals surface area contributed by atoms with Gasteiger partial charge in [-0.05, 0) is 55.5 Å². The Morgan fingerprint density at radius 1 is 1.17 bits per heavy atom. The smallest absolute Gasteiger partial charge is 0.317 e. The second-order valence-electron chi connectivity index (χ2n) is 8.00. The Kier molecular flexibility index (Phi) is 4.13. The van der Waals surface area contributed by atoms with Crippen LogP contribution in [0.4, 0.5) is 0 Å². The average Bonchev–Trinajstić information content (AvgIpc) is 3.44. The van der Waals surface area contributed by atoms with Gasteiger partial charge in [0.25, 0.3) is 0 Å². The number of hydrogen-bond acceptors (Lipinski definition) is 5. The maximum Gasteiger partial charge on any atom is 0.317 e. The van der Waals surface area contributed by atoms with Crippen LogP contribution < -0.4 is 0 Å². The number of hydrogen-bond donors (Lipinski definition) is 1. The van der Waals surface area contributed by atoms with Crippen molar-refractivity contribution in [2.24, 2.45) is 5.41 Å². The lowest BCUT2D eigenvalue weighted by atomic mass is 9.60. The molecule has 1 heterocycles. The van der Waals surface area contributed by atoms with Crippen LogP contribution in [0.2, 0.25) is 0 Å². The molecule has 5 rings (SSSR count). The standard InChI is InChI=1S/C24H22NO4/c1-25-14-13-23(22(28)29-2,20(26)16-7-3-4-8-16)24(25)18-12-6-10-15-9-5-11-17(19(15)18)21(24)27/h3-12,20,26H,13-14H2,1-2H3/t20-,23-,24+/m1/s1. The number of fused-ring (bicyclic) bond motifs is 1. The topological polar surface area (TPSA) is 66.8 Å². The lowest BCUT2D eigenvalue weighted by molar-refractivity contribution is -0.166. The number of aliphatic hydroxyl groups excluding tert-OH is 1. The monoisotopic (exact) mass is 388 g/mol. The third-order valence-corrected chi connectivity index (χ3v) is 6.95. The molecule has 5 radical (unpaired) electrons. The second-order valence-corrected chi connectivity index (χ2v) is 8.00. The van der Waals surface area contributed by atoms with Gasteiger partial charge >= 0.3 is 5.97 Å². The van der Waals surface area contributed by atoms with Crippen molar-refractivity contribution in [3.63, 3.8) is 0 Å². The number of Topliss-reactive ketones (excluding diaryl/α,β-unsaturated/α-hetero) is 1. The number of rotatable bonds is 3. The SMILES string of the molecule is COC(=O)[C@]1([C@H](O)[C]2[CH][CH][CH][CH]2)CCN(C)[C@@]12C(=O)c1cccc3cccc2c13. The van der Waals surface area contributed by atoms with E-state index in [1.54, 1.807) is 12.8 Å². The molecule has 3 aliphatic rings. The van der Waals surface area contributed by atoms with E-state index < -0.39 is 23.0 Å². The van der Waals surface area contributed by atoms with E-state index in [1.165, 1.54) is 7.11 Å². The molecule has 1 saturated carbocycles. The van der Waals surface area contributed by atoms with E-state index in [1.807, 2.05) is 61.2 Å². The normalized spacial score (nSPS) is 30.5. The predicted molar refractivity (Wildman–Crippen MR) is 108 cm³/mol. The van der Waals surface area contributed by atoms with Gasteiger partial charge in [0.05, 0.1) is 13.2 Å². The van der Waals surface area contributed by atoms with Crippen molar-refractivity contribution in [2.45, 2.75) is 18.1 Å². The zero-order valence-electron chi connectivity index (χ0n) is 16.4. The molecule has 1 saturated heterocycles. The Hall–Kier alpha value is -2.24. The Labute approximate surface area is 170 Å². The molecule has 29 heavy (non-hydrogen) atoms. The lowest BCUT2D eigenvalue weighted by Gasteiger charge is -2.47. The summed E-state index contributed by atoms with van der Waals surface area (Å²) in [5, 5.41) is 13.4. The number of methoxy groups -OCH3 is 1. The molecular formula is C24H22NO4. The van der Waals surface area contributed by atoms with Crippen molar-refractivity contribution in [3.05, 3.63) is 79.1 Å². The van der Waals surface area contributed by atoms with Crippen molar-refractivity contribution in [1.29, 1.82) is 0 Å². The molecule has 147 valence electrons. The van der Waals surface area contributed by atoms with Crippen LogP contribution in [0.3, 0.4) is 0 Å². The van der Waals surface area contributed by atoms with Crippen LogP contribution in [0, 0.1) is 37.0 Å². The van der Waals surface area contributed by atoms with Crippen molar-refractivity contribution in [3.8, 4) is 0 Å². The molecule has 3 atom stereocenters. The predicted octanol–water partition coefficient (Wildman–Crippen LogP) is 2.49. The average molecular weight is 388 g/mol. The van der Waals surface area contributed by atoms with Crippen molar-refractivity contribution < 1.29 is 19.4 Å². The first-order valence-corrected chi connectivity index (χ1v) is 9.76. The number of benzene rings is 2. The van der Waals surface area contributed by atoms with Gasteiger partial charge in [0.1, 0.15) is 11.0 Å². The number of aliphatic hydroxyl groups is 1. The van der Waals surface area contributed by atoms with Crippen LogP contribution in [0.1, 0.15) is 22.3 Å². The van der Waals surface area contributed by atoms with Crippen LogP contribution in [0.15, 0.2) is 36.4 Å². The number of likely N-dealkylation sites (N-methyl/N-ethyl adjacent to an activating group) is 1. The van der Waals surface area contributed by atoms with Gasteiger partial charge in [-0.3, -0.25) is 14.5 Å². The van der Waals surface area contributed by atoms with E-state index in [2.05, 4.69) is 0 Å². The molecule has 2 aromatic carbocycles. The summed E-state index contributed by atoms with van der Waals surface area (Å²) in [5.41, 5.74) is -1.41. The summed E-state index contributed by atoms with van der Waals surface area (Å²) in [6, 6.07) is 11.4. The number of likely N-dealkylation sites (tertiary alicyclic amines) is 1. The largest absolute Gasteiger partial charge is 0.468 e. The molecule has 1 spiro atoms. The number of carbonyl (C=O) groups excluding carboxylic acids is 2. The lowest BCUT2D eigenvalue weighted by Crippen LogP contribution is -2.63. The molecule has 2 aromatic rings. The quantitative estimate of drug-likeness (QED) is 0.819. The first-order valence-electron chi connectivity index (χ1n) is 9.76. The fourth-order valence-electron chi connectivity index (χ4n) is 5.74. The molecule has 0 aromatic heterocycles. The Morgan fingerprint density at radius 2 is 1.86 bits per heavy atom. The Morgan fingerprint density at radius 3 is 2.55 bits per heavy atom. The first kappa shape index (κ1) is 18.8. The molecule has 2 aliphatic carbocycles. The fourth-order valence-corrected chi connectivity index (χ4v) is 5.74. The van der Waals surface area contributed by atoms with Gasteiger partial charge in [-0.15, -0.1) is 0 Å². The van der Waals surface area contributed by atoms with Crippen LogP contribution in [0.25, 0.3) is 10.8 Å². The minimum absolute atomic E-state index is 0.152. The molecule has 0 unspecified atom stereocenters. The highest BCUT2D eigenvalue weighted by Gasteiger charge is 2.73. The van der Waals surface area contributed by atoms with Crippen LogP contribution >= 0.6 is 0 Å². The Balaban J connectivity index is 1.83. The summed E-state index contributed by atoms with van der Waals surface area (Å²) in [5.74, 6) is -0.102. The number of carbonyl (C=O) groups is 2. The third kappa shape index (κ3) is 2.07. The summed E-state index contributed by atoms with van der Waals surface area (Å²) in [6.45, 7) is 0.489. The number of nitrogens with zero attached hydrogens (tertiary/aromatic N) is 1. The zero-order valence-corrected chi connectivity index (χ0v) is 16.4. The summed E-state index contributed by atoms with van der Waals surface area (Å²) in [7, 11) is 3.17. The van der Waals surface area contributed by atoms with E-state index in [0.717, 1.165) is 16.3 Å². The van der Waals surface area contributed by atoms with Gasteiger partial charge in [-0.1, -0.05) is 36.4 Å². The van der Waals surface area contributed by atoms with Crippen molar-refractivity contribution >= 4 is 22.5 Å². The van der Waals surface area contributed by atoms with E-state index in [9.17, 15) is 14.7 Å². The first-order chi connectivity index (χ1) is 14.0. The highest BCUT2D eigenvalue weighted by Crippen LogP contribution is 2.62. The van der Waals surface area contributed by atoms with Crippen molar-refractivity contribution in [2.75, 3.05) is 20.7 Å². The van der Waals surface area contributed by atoms with E-state index in [4.69, 9.17) is 4.74 Å². The van der Waals surface area contributed by atoms with Crippen LogP contribution in [-0.2, 0) is 15.1 Å². The third-order valence-electron chi connectivity index (χ3n) is 6.95. The van der Waals surface area contributed by atoms with Crippen LogP contribution in [0.5, 0.6) is 0 Å². The van der Waals surface area contributed by atoms with Gasteiger partial charge in [-0.2, -0.15) is 0 Å². The number of ether oxygens (including phenoxy) is 1. The summed E-state index contributed by atoms with van der Waals surface area (Å²) >= 11 is 0. The van der Waals surface area contributed by atoms with Gasteiger partial charge in [-0.25, -0.2) is 0 Å². The molecule has 0 bridgehead atoms. The summed E-state index contributed by atoms with van der Waals surface area (Å²) < 4.78 is 5.26. The maximum absolute atomic E-state index is 14.1. The highest BCUT2D eigenvalue weighted by molar-refractivity contribution is 6.22. The molecule has 1 aliphatic heterocycles.